The van der Waals surface area contributed by atoms with E-state index in [-0.39, 0.29) is 0 Å². The second kappa shape index (κ2) is 3.37. The maximum Gasteiger partial charge on any atom is 0.150 e. The lowest BCUT2D eigenvalue weighted by molar-refractivity contribution is 0.112. The first-order valence-electron chi connectivity index (χ1n) is 2.99. The van der Waals surface area contributed by atoms with Gasteiger partial charge in [-0.1, -0.05) is 11.6 Å². The van der Waals surface area contributed by atoms with Gasteiger partial charge in [-0.05, 0) is 18.2 Å². The number of benzene rings is 1. The van der Waals surface area contributed by atoms with E-state index in [9.17, 15) is 4.79 Å². The molecule has 0 bridgehead atoms. The molecule has 1 aromatic carbocycles. The Morgan fingerprint density at radius 1 is 1.55 bits per heavy atom. The van der Waals surface area contributed by atoms with Crippen molar-refractivity contribution in [1.29, 1.82) is 0 Å². The zero-order chi connectivity index (χ0) is 8.27. The molecule has 0 amide bonds. The molecule has 58 valence electrons. The van der Waals surface area contributed by atoms with Gasteiger partial charge >= 0.3 is 0 Å². The Kier molecular flexibility index (Phi) is 2.46. The van der Waals surface area contributed by atoms with Crippen LogP contribution in [-0.2, 0) is 0 Å². The van der Waals surface area contributed by atoms with Crippen LogP contribution < -0.4 is 11.3 Å². The lowest BCUT2D eigenvalue weighted by Crippen LogP contribution is -2.07. The van der Waals surface area contributed by atoms with Crippen molar-refractivity contribution in [1.82, 2.24) is 0 Å². The minimum atomic E-state index is 0.442. The summed E-state index contributed by atoms with van der Waals surface area (Å²) in [6, 6.07) is 4.82. The third-order valence-electron chi connectivity index (χ3n) is 1.28. The molecule has 0 aliphatic heterocycles. The van der Waals surface area contributed by atoms with E-state index in [2.05, 4.69) is 5.43 Å². The number of hydrogen-bond donors (Lipinski definition) is 2. The summed E-state index contributed by atoms with van der Waals surface area (Å²) in [5.74, 6) is 5.12. The van der Waals surface area contributed by atoms with Gasteiger partial charge in [0.05, 0.1) is 10.7 Å². The van der Waals surface area contributed by atoms with Crippen LogP contribution in [0.3, 0.4) is 0 Å². The van der Waals surface area contributed by atoms with Crippen molar-refractivity contribution < 1.29 is 4.79 Å². The summed E-state index contributed by atoms with van der Waals surface area (Å²) < 4.78 is 0. The molecule has 0 aliphatic rings. The van der Waals surface area contributed by atoms with E-state index in [0.717, 1.165) is 6.29 Å². The number of halogens is 1. The minimum Gasteiger partial charge on any atom is -0.323 e. The molecule has 0 radical (unpaired) electrons. The molecule has 1 aromatic rings. The molecule has 0 heterocycles. The number of hydrazine groups is 1. The van der Waals surface area contributed by atoms with E-state index in [1.165, 1.54) is 0 Å². The van der Waals surface area contributed by atoms with Crippen LogP contribution in [0.25, 0.3) is 0 Å². The van der Waals surface area contributed by atoms with Crippen LogP contribution in [-0.4, -0.2) is 6.29 Å². The number of nitrogen functional groups attached to an aromatic ring is 1. The van der Waals surface area contributed by atoms with Crippen LogP contribution in [0.5, 0.6) is 0 Å². The summed E-state index contributed by atoms with van der Waals surface area (Å²) >= 11 is 5.71. The standard InChI is InChI=1S/C7H7ClN2O/c8-6-3-5(4-11)1-2-7(6)10-9/h1-4,10H,9H2. The summed E-state index contributed by atoms with van der Waals surface area (Å²) in [6.07, 6.45) is 0.728. The maximum atomic E-state index is 10.2. The van der Waals surface area contributed by atoms with Crippen molar-refractivity contribution in [3.8, 4) is 0 Å². The fraction of sp³-hybridized carbons (Fsp3) is 0. The second-order valence-electron chi connectivity index (χ2n) is 2.00. The average Bonchev–Trinajstić information content (AvgIpc) is 2.04. The van der Waals surface area contributed by atoms with Gasteiger partial charge in [0.1, 0.15) is 6.29 Å². The SMILES string of the molecule is NNc1ccc(C=O)cc1Cl. The number of nitrogens with two attached hydrogens (primary N) is 1. The average molecular weight is 171 g/mol. The number of rotatable bonds is 2. The molecular formula is C7H7ClN2O. The predicted octanol–water partition coefficient (Wildman–Crippen LogP) is 1.44. The van der Waals surface area contributed by atoms with Gasteiger partial charge in [-0.3, -0.25) is 10.6 Å². The lowest BCUT2D eigenvalue weighted by Gasteiger charge is -2.01. The van der Waals surface area contributed by atoms with Crippen molar-refractivity contribution in [3.63, 3.8) is 0 Å². The van der Waals surface area contributed by atoms with Crippen LogP contribution in [0.4, 0.5) is 5.69 Å². The highest BCUT2D eigenvalue weighted by atomic mass is 35.5. The van der Waals surface area contributed by atoms with Crippen molar-refractivity contribution in [2.45, 2.75) is 0 Å². The molecule has 1 rings (SSSR count). The van der Waals surface area contributed by atoms with Crippen LogP contribution >= 0.6 is 11.6 Å². The monoisotopic (exact) mass is 170 g/mol. The van der Waals surface area contributed by atoms with Crippen LogP contribution in [0.1, 0.15) is 10.4 Å². The van der Waals surface area contributed by atoms with E-state index in [0.29, 0.717) is 16.3 Å². The quantitative estimate of drug-likeness (QED) is 0.401. The van der Waals surface area contributed by atoms with Gasteiger partial charge in [-0.25, -0.2) is 0 Å². The van der Waals surface area contributed by atoms with Crippen LogP contribution in [0.2, 0.25) is 5.02 Å². The number of carbonyl (C=O) groups excluding carboxylic acids is 1. The summed E-state index contributed by atoms with van der Waals surface area (Å²) in [6.45, 7) is 0. The maximum absolute atomic E-state index is 10.2. The molecule has 3 nitrogen and oxygen atoms in total. The normalized spacial score (nSPS) is 9.27. The van der Waals surface area contributed by atoms with Gasteiger partial charge < -0.3 is 5.43 Å². The fourth-order valence-corrected chi connectivity index (χ4v) is 0.965. The zero-order valence-electron chi connectivity index (χ0n) is 5.67. The molecule has 0 atom stereocenters. The number of hydrogen-bond acceptors (Lipinski definition) is 3. The Morgan fingerprint density at radius 2 is 2.27 bits per heavy atom. The van der Waals surface area contributed by atoms with E-state index >= 15 is 0 Å². The van der Waals surface area contributed by atoms with Gasteiger partial charge in [0.15, 0.2) is 0 Å². The first-order valence-corrected chi connectivity index (χ1v) is 3.37. The Morgan fingerprint density at radius 3 is 2.73 bits per heavy atom. The number of aldehydes is 1. The Bertz CT molecular complexity index is 275. The van der Waals surface area contributed by atoms with E-state index in [1.807, 2.05) is 0 Å². The molecule has 4 heteroatoms. The van der Waals surface area contributed by atoms with Crippen molar-refractivity contribution in [2.24, 2.45) is 5.84 Å². The van der Waals surface area contributed by atoms with E-state index in [4.69, 9.17) is 17.4 Å². The van der Waals surface area contributed by atoms with E-state index in [1.54, 1.807) is 18.2 Å². The Labute approximate surface area is 69.1 Å². The number of carbonyl (C=O) groups is 1. The van der Waals surface area contributed by atoms with Crippen LogP contribution in [0.15, 0.2) is 18.2 Å². The van der Waals surface area contributed by atoms with Crippen LogP contribution in [0, 0.1) is 0 Å². The number of nitrogens with one attached hydrogen (secondary N) is 1. The minimum absolute atomic E-state index is 0.442. The van der Waals surface area contributed by atoms with Crippen molar-refractivity contribution in [3.05, 3.63) is 28.8 Å². The highest BCUT2D eigenvalue weighted by Gasteiger charge is 1.97. The molecule has 0 spiro atoms. The third-order valence-corrected chi connectivity index (χ3v) is 1.60. The second-order valence-corrected chi connectivity index (χ2v) is 2.41. The molecule has 0 unspecified atom stereocenters. The topological polar surface area (TPSA) is 55.1 Å². The highest BCUT2D eigenvalue weighted by molar-refractivity contribution is 6.33. The van der Waals surface area contributed by atoms with Gasteiger partial charge in [0.2, 0.25) is 0 Å². The van der Waals surface area contributed by atoms with Crippen molar-refractivity contribution in [2.75, 3.05) is 5.43 Å². The largest absolute Gasteiger partial charge is 0.323 e. The lowest BCUT2D eigenvalue weighted by atomic mass is 10.2. The summed E-state index contributed by atoms with van der Waals surface area (Å²) in [5.41, 5.74) is 3.54. The Hall–Kier alpha value is -1.06. The molecule has 11 heavy (non-hydrogen) atoms. The van der Waals surface area contributed by atoms with Gasteiger partial charge in [-0.15, -0.1) is 0 Å². The van der Waals surface area contributed by atoms with Crippen molar-refractivity contribution >= 4 is 23.6 Å². The molecule has 0 saturated carbocycles. The summed E-state index contributed by atoms with van der Waals surface area (Å²) in [5, 5.41) is 0.442. The highest BCUT2D eigenvalue weighted by Crippen LogP contribution is 2.20. The smallest absolute Gasteiger partial charge is 0.150 e. The third kappa shape index (κ3) is 1.69. The summed E-state index contributed by atoms with van der Waals surface area (Å²) in [4.78, 5) is 10.2. The number of anilines is 1. The van der Waals surface area contributed by atoms with E-state index < -0.39 is 0 Å². The van der Waals surface area contributed by atoms with Gasteiger partial charge in [0.25, 0.3) is 0 Å². The molecule has 0 aliphatic carbocycles. The fourth-order valence-electron chi connectivity index (χ4n) is 0.722. The van der Waals surface area contributed by atoms with Gasteiger partial charge in [0, 0.05) is 5.56 Å². The first-order chi connectivity index (χ1) is 5.27. The van der Waals surface area contributed by atoms with Gasteiger partial charge in [-0.2, -0.15) is 0 Å². The molecule has 0 fully saturated rings. The molecule has 3 N–H and O–H groups in total. The summed E-state index contributed by atoms with van der Waals surface area (Å²) in [7, 11) is 0. The molecule has 0 aromatic heterocycles. The zero-order valence-corrected chi connectivity index (χ0v) is 6.43. The predicted molar refractivity (Wildman–Crippen MR) is 44.6 cm³/mol. The Balaban J connectivity index is 3.09. The molecular weight excluding hydrogens is 164 g/mol. The first kappa shape index (κ1) is 8.04. The molecule has 0 saturated heterocycles.